The highest BCUT2D eigenvalue weighted by Crippen LogP contribution is 2.25. The molecule has 2 rings (SSSR count). The van der Waals surface area contributed by atoms with Crippen molar-refractivity contribution in [2.24, 2.45) is 0 Å². The monoisotopic (exact) mass is 427 g/mol. The van der Waals surface area contributed by atoms with Gasteiger partial charge in [0, 0.05) is 19.6 Å². The van der Waals surface area contributed by atoms with E-state index in [0.717, 1.165) is 45.5 Å². The van der Waals surface area contributed by atoms with Crippen molar-refractivity contribution in [2.75, 3.05) is 56.6 Å². The molecule has 1 aliphatic heterocycles. The number of morpholine rings is 1. The summed E-state index contributed by atoms with van der Waals surface area (Å²) in [5, 5.41) is 2.90. The summed E-state index contributed by atoms with van der Waals surface area (Å²) in [7, 11) is -3.64. The van der Waals surface area contributed by atoms with Crippen molar-refractivity contribution in [2.45, 2.75) is 32.7 Å². The zero-order valence-corrected chi connectivity index (χ0v) is 18.4. The maximum absolute atomic E-state index is 12.8. The number of nitrogens with one attached hydrogen (secondary N) is 1. The number of carbonyl (C=O) groups excluding carboxylic acids is 1. The Labute approximate surface area is 174 Å². The van der Waals surface area contributed by atoms with Crippen molar-refractivity contribution in [3.63, 3.8) is 0 Å². The van der Waals surface area contributed by atoms with Gasteiger partial charge in [-0.2, -0.15) is 0 Å². The van der Waals surface area contributed by atoms with Crippen LogP contribution in [0.15, 0.2) is 24.3 Å². The molecule has 1 unspecified atom stereocenters. The molecule has 1 N–H and O–H groups in total. The average Bonchev–Trinajstić information content (AvgIpc) is 2.70. The fraction of sp³-hybridized carbons (Fsp3) is 0.650. The Hall–Kier alpha value is -1.84. The van der Waals surface area contributed by atoms with Gasteiger partial charge in [0.05, 0.1) is 31.8 Å². The first-order valence-electron chi connectivity index (χ1n) is 10.2. The van der Waals surface area contributed by atoms with Gasteiger partial charge in [-0.05, 0) is 50.6 Å². The minimum atomic E-state index is -3.64. The highest BCUT2D eigenvalue weighted by atomic mass is 32.2. The fourth-order valence-corrected chi connectivity index (χ4v) is 4.58. The molecule has 1 heterocycles. The van der Waals surface area contributed by atoms with Crippen LogP contribution >= 0.6 is 0 Å². The number of benzene rings is 1. The van der Waals surface area contributed by atoms with Crippen LogP contribution in [0.5, 0.6) is 5.75 Å². The van der Waals surface area contributed by atoms with Gasteiger partial charge in [-0.3, -0.25) is 14.0 Å². The van der Waals surface area contributed by atoms with Gasteiger partial charge in [-0.1, -0.05) is 6.92 Å². The quantitative estimate of drug-likeness (QED) is 0.538. The van der Waals surface area contributed by atoms with Gasteiger partial charge in [0.25, 0.3) is 0 Å². The van der Waals surface area contributed by atoms with E-state index < -0.39 is 16.1 Å². The number of ether oxygens (including phenoxy) is 2. The summed E-state index contributed by atoms with van der Waals surface area (Å²) >= 11 is 0. The maximum Gasteiger partial charge on any atom is 0.243 e. The summed E-state index contributed by atoms with van der Waals surface area (Å²) in [5.41, 5.74) is 0.450. The lowest BCUT2D eigenvalue weighted by atomic mass is 10.2. The minimum absolute atomic E-state index is 0.284. The molecule has 0 saturated carbocycles. The molecular weight excluding hydrogens is 394 g/mol. The van der Waals surface area contributed by atoms with Crippen LogP contribution in [0.2, 0.25) is 0 Å². The van der Waals surface area contributed by atoms with Gasteiger partial charge < -0.3 is 14.8 Å². The van der Waals surface area contributed by atoms with E-state index in [0.29, 0.717) is 31.0 Å². The van der Waals surface area contributed by atoms with Crippen molar-refractivity contribution in [1.29, 1.82) is 0 Å². The molecule has 1 atom stereocenters. The number of amides is 1. The van der Waals surface area contributed by atoms with Crippen LogP contribution in [0.25, 0.3) is 0 Å². The van der Waals surface area contributed by atoms with Crippen molar-refractivity contribution in [3.8, 4) is 5.75 Å². The highest BCUT2D eigenvalue weighted by molar-refractivity contribution is 7.92. The Balaban J connectivity index is 2.00. The van der Waals surface area contributed by atoms with E-state index >= 15 is 0 Å². The standard InChI is InChI=1S/C20H33N3O5S/c1-4-19(20(24)21-11-6-12-22-13-15-27-16-14-22)23(29(3,25)26)17-7-9-18(10-8-17)28-5-2/h7-10,19H,4-6,11-16H2,1-3H3,(H,21,24). The summed E-state index contributed by atoms with van der Waals surface area (Å²) in [6.45, 7) is 8.92. The van der Waals surface area contributed by atoms with Gasteiger partial charge in [0.15, 0.2) is 0 Å². The maximum atomic E-state index is 12.8. The lowest BCUT2D eigenvalue weighted by molar-refractivity contribution is -0.122. The van der Waals surface area contributed by atoms with E-state index in [2.05, 4.69) is 10.2 Å². The number of hydrogen-bond donors (Lipinski definition) is 1. The second-order valence-electron chi connectivity index (χ2n) is 7.01. The molecule has 29 heavy (non-hydrogen) atoms. The molecule has 1 saturated heterocycles. The number of anilines is 1. The zero-order chi connectivity index (χ0) is 21.3. The minimum Gasteiger partial charge on any atom is -0.494 e. The zero-order valence-electron chi connectivity index (χ0n) is 17.6. The summed E-state index contributed by atoms with van der Waals surface area (Å²) in [6, 6.07) is 5.96. The molecule has 0 bridgehead atoms. The van der Waals surface area contributed by atoms with Crippen LogP contribution in [0.4, 0.5) is 5.69 Å². The largest absolute Gasteiger partial charge is 0.494 e. The van der Waals surface area contributed by atoms with E-state index in [1.165, 1.54) is 4.31 Å². The van der Waals surface area contributed by atoms with Crippen LogP contribution in [-0.2, 0) is 19.6 Å². The molecule has 1 aromatic rings. The van der Waals surface area contributed by atoms with Crippen LogP contribution < -0.4 is 14.4 Å². The number of nitrogens with zero attached hydrogens (tertiary/aromatic N) is 2. The summed E-state index contributed by atoms with van der Waals surface area (Å²) in [6.07, 6.45) is 2.30. The second kappa shape index (κ2) is 11.4. The predicted octanol–water partition coefficient (Wildman–Crippen LogP) is 1.47. The van der Waals surface area contributed by atoms with Crippen molar-refractivity contribution >= 4 is 21.6 Å². The van der Waals surface area contributed by atoms with E-state index in [9.17, 15) is 13.2 Å². The second-order valence-corrected chi connectivity index (χ2v) is 8.87. The summed E-state index contributed by atoms with van der Waals surface area (Å²) in [4.78, 5) is 15.1. The highest BCUT2D eigenvalue weighted by Gasteiger charge is 2.31. The Morgan fingerprint density at radius 2 is 1.90 bits per heavy atom. The lowest BCUT2D eigenvalue weighted by Crippen LogP contribution is -2.49. The fourth-order valence-electron chi connectivity index (χ4n) is 3.37. The van der Waals surface area contributed by atoms with Gasteiger partial charge in [-0.25, -0.2) is 8.42 Å². The molecule has 8 nitrogen and oxygen atoms in total. The van der Waals surface area contributed by atoms with Crippen molar-refractivity contribution in [1.82, 2.24) is 10.2 Å². The molecule has 9 heteroatoms. The molecule has 0 aliphatic carbocycles. The molecule has 1 fully saturated rings. The Bertz CT molecular complexity index is 733. The smallest absolute Gasteiger partial charge is 0.243 e. The van der Waals surface area contributed by atoms with Gasteiger partial charge in [0.1, 0.15) is 11.8 Å². The Morgan fingerprint density at radius 1 is 1.24 bits per heavy atom. The third kappa shape index (κ3) is 7.17. The Morgan fingerprint density at radius 3 is 2.45 bits per heavy atom. The molecule has 0 radical (unpaired) electrons. The summed E-state index contributed by atoms with van der Waals surface area (Å²) in [5.74, 6) is 0.374. The number of rotatable bonds is 11. The SMILES string of the molecule is CCOc1ccc(N(C(CC)C(=O)NCCCN2CCOCC2)S(C)(=O)=O)cc1. The van der Waals surface area contributed by atoms with Crippen LogP contribution in [0.3, 0.4) is 0 Å². The van der Waals surface area contributed by atoms with E-state index in [-0.39, 0.29) is 5.91 Å². The van der Waals surface area contributed by atoms with Crippen molar-refractivity contribution < 1.29 is 22.7 Å². The molecular formula is C20H33N3O5S. The first kappa shape index (κ1) is 23.4. The van der Waals surface area contributed by atoms with E-state index in [4.69, 9.17) is 9.47 Å². The van der Waals surface area contributed by atoms with Crippen LogP contribution in [-0.4, -0.2) is 77.5 Å². The number of hydrogen-bond acceptors (Lipinski definition) is 6. The molecule has 1 aromatic carbocycles. The van der Waals surface area contributed by atoms with Gasteiger partial charge in [-0.15, -0.1) is 0 Å². The molecule has 1 amide bonds. The van der Waals surface area contributed by atoms with Gasteiger partial charge in [0.2, 0.25) is 15.9 Å². The average molecular weight is 428 g/mol. The number of sulfonamides is 1. The molecule has 0 aromatic heterocycles. The first-order valence-corrected chi connectivity index (χ1v) is 12.0. The normalized spacial score (nSPS) is 16.2. The first-order chi connectivity index (χ1) is 13.9. The lowest BCUT2D eigenvalue weighted by Gasteiger charge is -2.30. The van der Waals surface area contributed by atoms with Crippen LogP contribution in [0.1, 0.15) is 26.7 Å². The van der Waals surface area contributed by atoms with Gasteiger partial charge >= 0.3 is 0 Å². The topological polar surface area (TPSA) is 88.2 Å². The molecule has 0 spiro atoms. The van der Waals surface area contributed by atoms with Crippen molar-refractivity contribution in [3.05, 3.63) is 24.3 Å². The molecule has 164 valence electrons. The number of carbonyl (C=O) groups is 1. The third-order valence-corrected chi connectivity index (χ3v) is 5.97. The Kier molecular flexibility index (Phi) is 9.19. The molecule has 1 aliphatic rings. The third-order valence-electron chi connectivity index (χ3n) is 4.79. The van der Waals surface area contributed by atoms with E-state index in [1.54, 1.807) is 24.3 Å². The predicted molar refractivity (Wildman–Crippen MR) is 114 cm³/mol. The van der Waals surface area contributed by atoms with Crippen LogP contribution in [0, 0.1) is 0 Å². The summed E-state index contributed by atoms with van der Waals surface area (Å²) < 4.78 is 36.9. The van der Waals surface area contributed by atoms with E-state index in [1.807, 2.05) is 13.8 Å².